The van der Waals surface area contributed by atoms with E-state index in [9.17, 15) is 0 Å². The van der Waals surface area contributed by atoms with E-state index in [0.29, 0.717) is 5.95 Å². The van der Waals surface area contributed by atoms with Gasteiger partial charge in [-0.1, -0.05) is 6.92 Å². The van der Waals surface area contributed by atoms with Gasteiger partial charge >= 0.3 is 0 Å². The first-order valence-corrected chi connectivity index (χ1v) is 8.94. The topological polar surface area (TPSA) is 58.3 Å². The maximum absolute atomic E-state index is 6.03. The van der Waals surface area contributed by atoms with Gasteiger partial charge in [-0.15, -0.1) is 11.3 Å². The van der Waals surface area contributed by atoms with Crippen molar-refractivity contribution in [3.63, 3.8) is 0 Å². The van der Waals surface area contributed by atoms with Gasteiger partial charge in [0.1, 0.15) is 0 Å². The van der Waals surface area contributed by atoms with Gasteiger partial charge in [0, 0.05) is 31.1 Å². The molecule has 0 saturated carbocycles. The molecule has 22 heavy (non-hydrogen) atoms. The van der Waals surface area contributed by atoms with E-state index in [2.05, 4.69) is 33.7 Å². The third-order valence-electron chi connectivity index (χ3n) is 4.93. The van der Waals surface area contributed by atoms with Crippen LogP contribution < -0.4 is 10.6 Å². The Kier molecular flexibility index (Phi) is 3.46. The molecule has 5 nitrogen and oxygen atoms in total. The van der Waals surface area contributed by atoms with Crippen LogP contribution in [0.4, 0.5) is 11.8 Å². The summed E-state index contributed by atoms with van der Waals surface area (Å²) in [6, 6.07) is 0. The molecule has 3 heterocycles. The number of hydrogen-bond acceptors (Lipinski definition) is 6. The van der Waals surface area contributed by atoms with Crippen molar-refractivity contribution in [1.29, 1.82) is 0 Å². The second-order valence-corrected chi connectivity index (χ2v) is 7.83. The Labute approximate surface area is 135 Å². The number of nitrogens with two attached hydrogens (primary N) is 1. The van der Waals surface area contributed by atoms with Crippen molar-refractivity contribution in [2.75, 3.05) is 43.9 Å². The molecule has 2 aromatic heterocycles. The van der Waals surface area contributed by atoms with E-state index in [0.717, 1.165) is 49.9 Å². The van der Waals surface area contributed by atoms with Crippen LogP contribution in [0, 0.1) is 5.92 Å². The van der Waals surface area contributed by atoms with Crippen LogP contribution in [0.3, 0.4) is 0 Å². The van der Waals surface area contributed by atoms with Crippen LogP contribution in [-0.4, -0.2) is 48.1 Å². The van der Waals surface area contributed by atoms with Crippen molar-refractivity contribution in [1.82, 2.24) is 14.9 Å². The molecule has 0 aromatic carbocycles. The number of hydrogen-bond donors (Lipinski definition) is 1. The summed E-state index contributed by atoms with van der Waals surface area (Å²) in [5.41, 5.74) is 8.58. The molecule has 0 amide bonds. The maximum atomic E-state index is 6.03. The summed E-state index contributed by atoms with van der Waals surface area (Å²) in [6.45, 7) is 6.52. The lowest BCUT2D eigenvalue weighted by Crippen LogP contribution is -2.44. The summed E-state index contributed by atoms with van der Waals surface area (Å²) in [4.78, 5) is 15.4. The minimum atomic E-state index is 0.417. The zero-order chi connectivity index (χ0) is 15.3. The van der Waals surface area contributed by atoms with Crippen molar-refractivity contribution in [3.05, 3.63) is 10.4 Å². The number of aryl methyl sites for hydroxylation is 1. The minimum absolute atomic E-state index is 0.417. The summed E-state index contributed by atoms with van der Waals surface area (Å²) in [5.74, 6) is 2.22. The molecule has 1 fully saturated rings. The molecule has 0 radical (unpaired) electrons. The van der Waals surface area contributed by atoms with E-state index in [1.165, 1.54) is 28.0 Å². The van der Waals surface area contributed by atoms with Crippen molar-refractivity contribution >= 4 is 33.3 Å². The van der Waals surface area contributed by atoms with Crippen LogP contribution in [-0.2, 0) is 12.8 Å². The number of anilines is 2. The van der Waals surface area contributed by atoms with Crippen molar-refractivity contribution in [2.45, 2.75) is 26.2 Å². The monoisotopic (exact) mass is 317 g/mol. The Morgan fingerprint density at radius 3 is 2.73 bits per heavy atom. The number of nitrogen functional groups attached to an aromatic ring is 1. The lowest BCUT2D eigenvalue weighted by Gasteiger charge is -2.33. The highest BCUT2D eigenvalue weighted by molar-refractivity contribution is 7.19. The van der Waals surface area contributed by atoms with Gasteiger partial charge in [-0.25, -0.2) is 4.98 Å². The van der Waals surface area contributed by atoms with Gasteiger partial charge in [0.2, 0.25) is 5.95 Å². The fourth-order valence-electron chi connectivity index (χ4n) is 3.54. The highest BCUT2D eigenvalue weighted by Crippen LogP contribution is 2.41. The van der Waals surface area contributed by atoms with Gasteiger partial charge in [0.25, 0.3) is 0 Å². The van der Waals surface area contributed by atoms with Crippen LogP contribution >= 0.6 is 11.3 Å². The molecule has 2 aromatic rings. The molecule has 1 atom stereocenters. The van der Waals surface area contributed by atoms with Gasteiger partial charge in [-0.3, -0.25) is 0 Å². The molecular weight excluding hydrogens is 294 g/mol. The molecule has 1 aliphatic heterocycles. The van der Waals surface area contributed by atoms with Crippen LogP contribution in [0.1, 0.15) is 23.8 Å². The zero-order valence-electron chi connectivity index (χ0n) is 13.3. The molecule has 2 N–H and O–H groups in total. The molecule has 4 rings (SSSR count). The second kappa shape index (κ2) is 5.35. The van der Waals surface area contributed by atoms with Crippen molar-refractivity contribution < 1.29 is 0 Å². The maximum Gasteiger partial charge on any atom is 0.222 e. The Balaban J connectivity index is 1.81. The van der Waals surface area contributed by atoms with Gasteiger partial charge in [-0.2, -0.15) is 4.98 Å². The first kappa shape index (κ1) is 14.2. The Hall–Kier alpha value is -1.40. The van der Waals surface area contributed by atoms with Gasteiger partial charge in [0.15, 0.2) is 5.82 Å². The highest BCUT2D eigenvalue weighted by Gasteiger charge is 2.26. The predicted molar refractivity (Wildman–Crippen MR) is 92.7 cm³/mol. The molecule has 118 valence electrons. The molecule has 1 aliphatic carbocycles. The first-order valence-electron chi connectivity index (χ1n) is 8.13. The van der Waals surface area contributed by atoms with Crippen molar-refractivity contribution in [2.24, 2.45) is 5.92 Å². The predicted octanol–water partition coefficient (Wildman–Crippen LogP) is 2.15. The lowest BCUT2D eigenvalue weighted by atomic mass is 9.89. The summed E-state index contributed by atoms with van der Waals surface area (Å²) >= 11 is 1.90. The van der Waals surface area contributed by atoms with E-state index < -0.39 is 0 Å². The SMILES string of the molecule is CC1CCc2sc3c(N4CCN(C)CC4)nc(N)nc3c2C1. The zero-order valence-corrected chi connectivity index (χ0v) is 14.1. The van der Waals surface area contributed by atoms with E-state index in [1.54, 1.807) is 0 Å². The second-order valence-electron chi connectivity index (χ2n) is 6.73. The molecule has 1 unspecified atom stereocenters. The Bertz CT molecular complexity index is 702. The fraction of sp³-hybridized carbons (Fsp3) is 0.625. The van der Waals surface area contributed by atoms with Crippen LogP contribution in [0.2, 0.25) is 0 Å². The molecule has 2 aliphatic rings. The molecule has 0 spiro atoms. The van der Waals surface area contributed by atoms with Crippen LogP contribution in [0.5, 0.6) is 0 Å². The Morgan fingerprint density at radius 2 is 1.95 bits per heavy atom. The largest absolute Gasteiger partial charge is 0.368 e. The average Bonchev–Trinajstić information content (AvgIpc) is 2.85. The van der Waals surface area contributed by atoms with Crippen LogP contribution in [0.25, 0.3) is 10.2 Å². The minimum Gasteiger partial charge on any atom is -0.368 e. The Morgan fingerprint density at radius 1 is 1.18 bits per heavy atom. The smallest absolute Gasteiger partial charge is 0.222 e. The summed E-state index contributed by atoms with van der Waals surface area (Å²) < 4.78 is 1.25. The number of thiophene rings is 1. The third-order valence-corrected chi connectivity index (χ3v) is 6.21. The number of likely N-dealkylation sites (N-methyl/N-ethyl adjacent to an activating group) is 1. The molecular formula is C16H23N5S. The average molecular weight is 317 g/mol. The number of nitrogens with zero attached hydrogens (tertiary/aromatic N) is 4. The van der Waals surface area contributed by atoms with E-state index in [-0.39, 0.29) is 0 Å². The first-order chi connectivity index (χ1) is 10.6. The summed E-state index contributed by atoms with van der Waals surface area (Å²) in [6.07, 6.45) is 3.60. The summed E-state index contributed by atoms with van der Waals surface area (Å²) in [5, 5.41) is 0. The van der Waals surface area contributed by atoms with E-state index in [1.807, 2.05) is 11.3 Å². The number of rotatable bonds is 1. The number of fused-ring (bicyclic) bond motifs is 3. The quantitative estimate of drug-likeness (QED) is 0.873. The molecule has 6 heteroatoms. The highest BCUT2D eigenvalue weighted by atomic mass is 32.1. The summed E-state index contributed by atoms with van der Waals surface area (Å²) in [7, 11) is 2.17. The van der Waals surface area contributed by atoms with Gasteiger partial charge < -0.3 is 15.5 Å². The standard InChI is InChI=1S/C16H23N5S/c1-10-3-4-12-11(9-10)13-14(22-12)15(19-16(17)18-13)21-7-5-20(2)6-8-21/h10H,3-9H2,1-2H3,(H2,17,18,19). The normalized spacial score (nSPS) is 23.0. The molecule has 1 saturated heterocycles. The number of piperazine rings is 1. The fourth-order valence-corrected chi connectivity index (χ4v) is 4.84. The van der Waals surface area contributed by atoms with E-state index >= 15 is 0 Å². The third kappa shape index (κ3) is 2.34. The van der Waals surface area contributed by atoms with Crippen molar-refractivity contribution in [3.8, 4) is 0 Å². The number of aromatic nitrogens is 2. The lowest BCUT2D eigenvalue weighted by molar-refractivity contribution is 0.312. The van der Waals surface area contributed by atoms with E-state index in [4.69, 9.17) is 5.73 Å². The van der Waals surface area contributed by atoms with Gasteiger partial charge in [0.05, 0.1) is 10.2 Å². The van der Waals surface area contributed by atoms with Gasteiger partial charge in [-0.05, 0) is 37.8 Å². The molecule has 0 bridgehead atoms. The van der Waals surface area contributed by atoms with Crippen LogP contribution in [0.15, 0.2) is 0 Å².